The standard InChI is InChI=1S/C17H16ClF3N2OS/c1-23(8-9-25-12-4-2-11(18)3-5-12)10-15(24)22-14-7-6-13(19)16(20)17(14)21/h2-7H,8-10H2,1H3,(H,22,24)/p+1. The van der Waals surface area contributed by atoms with E-state index >= 15 is 0 Å². The van der Waals surface area contributed by atoms with Crippen molar-refractivity contribution in [2.45, 2.75) is 4.90 Å². The Morgan fingerprint density at radius 1 is 1.12 bits per heavy atom. The number of hydrogen-bond donors (Lipinski definition) is 2. The van der Waals surface area contributed by atoms with Gasteiger partial charge in [0.15, 0.2) is 24.0 Å². The fourth-order valence-electron chi connectivity index (χ4n) is 2.05. The molecule has 3 nitrogen and oxygen atoms in total. The molecule has 0 aliphatic carbocycles. The molecule has 8 heteroatoms. The molecule has 0 aliphatic heterocycles. The maximum Gasteiger partial charge on any atom is 0.279 e. The van der Waals surface area contributed by atoms with Gasteiger partial charge in [-0.05, 0) is 36.4 Å². The van der Waals surface area contributed by atoms with Gasteiger partial charge in [-0.3, -0.25) is 4.79 Å². The number of benzene rings is 2. The molecule has 25 heavy (non-hydrogen) atoms. The van der Waals surface area contributed by atoms with E-state index in [2.05, 4.69) is 5.32 Å². The van der Waals surface area contributed by atoms with Crippen LogP contribution in [0.15, 0.2) is 41.3 Å². The molecule has 1 atom stereocenters. The minimum Gasteiger partial charge on any atom is -0.329 e. The molecule has 0 saturated heterocycles. The molecule has 2 aromatic rings. The van der Waals surface area contributed by atoms with Gasteiger partial charge in [0.25, 0.3) is 5.91 Å². The number of likely N-dealkylation sites (N-methyl/N-ethyl adjacent to an activating group) is 1. The number of quaternary nitrogens is 1. The van der Waals surface area contributed by atoms with Crippen molar-refractivity contribution in [3.8, 4) is 0 Å². The van der Waals surface area contributed by atoms with E-state index in [1.165, 1.54) is 0 Å². The molecule has 2 rings (SSSR count). The smallest absolute Gasteiger partial charge is 0.279 e. The van der Waals surface area contributed by atoms with Crippen molar-refractivity contribution in [2.24, 2.45) is 0 Å². The molecule has 1 amide bonds. The maximum atomic E-state index is 13.5. The predicted octanol–water partition coefficient (Wildman–Crippen LogP) is 3.00. The summed E-state index contributed by atoms with van der Waals surface area (Å²) in [6, 6.07) is 9.22. The number of hydrogen-bond acceptors (Lipinski definition) is 2. The zero-order valence-corrected chi connectivity index (χ0v) is 15.0. The van der Waals surface area contributed by atoms with Crippen LogP contribution in [0.1, 0.15) is 0 Å². The fraction of sp³-hybridized carbons (Fsp3) is 0.235. The van der Waals surface area contributed by atoms with E-state index in [4.69, 9.17) is 11.6 Å². The molecule has 1 unspecified atom stereocenters. The monoisotopic (exact) mass is 389 g/mol. The normalized spacial score (nSPS) is 12.0. The Morgan fingerprint density at radius 3 is 2.48 bits per heavy atom. The second-order valence-electron chi connectivity index (χ2n) is 5.46. The maximum absolute atomic E-state index is 13.5. The fourth-order valence-corrected chi connectivity index (χ4v) is 3.19. The second kappa shape index (κ2) is 9.12. The third-order valence-corrected chi connectivity index (χ3v) is 4.65. The van der Waals surface area contributed by atoms with E-state index in [0.717, 1.165) is 27.7 Å². The Balaban J connectivity index is 1.78. The molecule has 0 radical (unpaired) electrons. The number of halogens is 4. The lowest BCUT2D eigenvalue weighted by Crippen LogP contribution is -3.10. The van der Waals surface area contributed by atoms with Crippen molar-refractivity contribution < 1.29 is 22.9 Å². The van der Waals surface area contributed by atoms with E-state index < -0.39 is 23.4 Å². The largest absolute Gasteiger partial charge is 0.329 e. The molecule has 0 aromatic heterocycles. The minimum absolute atomic E-state index is 0.0829. The third-order valence-electron chi connectivity index (χ3n) is 3.38. The van der Waals surface area contributed by atoms with E-state index in [1.54, 1.807) is 11.8 Å². The summed E-state index contributed by atoms with van der Waals surface area (Å²) in [6.07, 6.45) is 0. The molecular weight excluding hydrogens is 373 g/mol. The van der Waals surface area contributed by atoms with Gasteiger partial charge >= 0.3 is 0 Å². The number of carbonyl (C=O) groups is 1. The summed E-state index contributed by atoms with van der Waals surface area (Å²) in [5, 5.41) is 2.93. The molecule has 2 N–H and O–H groups in total. The zero-order valence-electron chi connectivity index (χ0n) is 13.4. The Morgan fingerprint density at radius 2 is 1.80 bits per heavy atom. The molecule has 0 fully saturated rings. The molecule has 0 spiro atoms. The Hall–Kier alpha value is -1.70. The first-order valence-corrected chi connectivity index (χ1v) is 8.86. The lowest BCUT2D eigenvalue weighted by Gasteiger charge is -2.14. The van der Waals surface area contributed by atoms with E-state index in [1.807, 2.05) is 31.3 Å². The number of nitrogens with one attached hydrogen (secondary N) is 2. The molecule has 0 heterocycles. The molecule has 0 saturated carbocycles. The summed E-state index contributed by atoms with van der Waals surface area (Å²) < 4.78 is 39.5. The first kappa shape index (κ1) is 19.6. The lowest BCUT2D eigenvalue weighted by molar-refractivity contribution is -0.868. The Bertz CT molecular complexity index is 743. The van der Waals surface area contributed by atoms with Crippen molar-refractivity contribution >= 4 is 35.0 Å². The predicted molar refractivity (Wildman–Crippen MR) is 93.7 cm³/mol. The third kappa shape index (κ3) is 5.95. The van der Waals surface area contributed by atoms with Crippen LogP contribution in [0.4, 0.5) is 18.9 Å². The van der Waals surface area contributed by atoms with Gasteiger partial charge in [0.2, 0.25) is 0 Å². The number of amides is 1. The minimum atomic E-state index is -1.60. The first-order chi connectivity index (χ1) is 11.9. The quantitative estimate of drug-likeness (QED) is 0.564. The Labute approximate surface area is 153 Å². The van der Waals surface area contributed by atoms with Gasteiger partial charge in [-0.15, -0.1) is 11.8 Å². The summed E-state index contributed by atoms with van der Waals surface area (Å²) in [5.74, 6) is -3.99. The van der Waals surface area contributed by atoms with Crippen LogP contribution in [-0.2, 0) is 4.79 Å². The van der Waals surface area contributed by atoms with Gasteiger partial charge < -0.3 is 10.2 Å². The van der Waals surface area contributed by atoms with Crippen LogP contribution in [0.5, 0.6) is 0 Å². The van der Waals surface area contributed by atoms with E-state index in [0.29, 0.717) is 11.6 Å². The van der Waals surface area contributed by atoms with Crippen LogP contribution in [0, 0.1) is 17.5 Å². The van der Waals surface area contributed by atoms with Crippen LogP contribution in [0.2, 0.25) is 5.02 Å². The van der Waals surface area contributed by atoms with E-state index in [9.17, 15) is 18.0 Å². The highest BCUT2D eigenvalue weighted by Crippen LogP contribution is 2.20. The van der Waals surface area contributed by atoms with Crippen molar-refractivity contribution in [3.63, 3.8) is 0 Å². The number of carbonyl (C=O) groups excluding carboxylic acids is 1. The molecule has 2 aromatic carbocycles. The van der Waals surface area contributed by atoms with Gasteiger partial charge in [-0.1, -0.05) is 11.6 Å². The zero-order chi connectivity index (χ0) is 18.4. The average molecular weight is 390 g/mol. The van der Waals surface area contributed by atoms with Gasteiger partial charge in [0, 0.05) is 15.7 Å². The Kier molecular flexibility index (Phi) is 7.16. The second-order valence-corrected chi connectivity index (χ2v) is 7.06. The highest BCUT2D eigenvalue weighted by Gasteiger charge is 2.17. The van der Waals surface area contributed by atoms with Crippen molar-refractivity contribution in [3.05, 3.63) is 58.9 Å². The van der Waals surface area contributed by atoms with Crippen molar-refractivity contribution in [1.82, 2.24) is 0 Å². The molecule has 0 bridgehead atoms. The van der Waals surface area contributed by atoms with Crippen LogP contribution in [0.25, 0.3) is 0 Å². The summed E-state index contributed by atoms with van der Waals surface area (Å²) in [5.41, 5.74) is -0.368. The van der Waals surface area contributed by atoms with E-state index in [-0.39, 0.29) is 12.2 Å². The topological polar surface area (TPSA) is 33.5 Å². The lowest BCUT2D eigenvalue weighted by atomic mass is 10.2. The summed E-state index contributed by atoms with van der Waals surface area (Å²) in [7, 11) is 1.82. The molecule has 0 aliphatic rings. The SMILES string of the molecule is C[NH+](CCSc1ccc(Cl)cc1)CC(=O)Nc1ccc(F)c(F)c1F. The summed E-state index contributed by atoms with van der Waals surface area (Å²) >= 11 is 7.45. The number of rotatable bonds is 7. The molecule has 134 valence electrons. The average Bonchev–Trinajstić information content (AvgIpc) is 2.57. The van der Waals surface area contributed by atoms with Crippen LogP contribution in [0.3, 0.4) is 0 Å². The number of thioether (sulfide) groups is 1. The van der Waals surface area contributed by atoms with Crippen molar-refractivity contribution in [1.29, 1.82) is 0 Å². The van der Waals surface area contributed by atoms with Crippen LogP contribution < -0.4 is 10.2 Å². The highest BCUT2D eigenvalue weighted by molar-refractivity contribution is 7.99. The van der Waals surface area contributed by atoms with Crippen LogP contribution >= 0.6 is 23.4 Å². The number of anilines is 1. The highest BCUT2D eigenvalue weighted by atomic mass is 35.5. The van der Waals surface area contributed by atoms with Crippen molar-refractivity contribution in [2.75, 3.05) is 31.2 Å². The van der Waals surface area contributed by atoms with Gasteiger partial charge in [-0.2, -0.15) is 0 Å². The summed E-state index contributed by atoms with van der Waals surface area (Å²) in [4.78, 5) is 13.9. The first-order valence-electron chi connectivity index (χ1n) is 7.50. The van der Waals surface area contributed by atoms with Gasteiger partial charge in [0.1, 0.15) is 0 Å². The van der Waals surface area contributed by atoms with Gasteiger partial charge in [0.05, 0.1) is 19.3 Å². The van der Waals surface area contributed by atoms with Gasteiger partial charge in [-0.25, -0.2) is 13.2 Å². The molecular formula is C17H17ClF3N2OS+. The van der Waals surface area contributed by atoms with Crippen LogP contribution in [-0.4, -0.2) is 31.8 Å². The summed E-state index contributed by atoms with van der Waals surface area (Å²) in [6.45, 7) is 0.778.